The molecule has 2 aromatic carbocycles. The largest absolute Gasteiger partial charge is 0.508 e. The van der Waals surface area contributed by atoms with E-state index >= 15 is 0 Å². The number of aromatic hydroxyl groups is 1. The number of carbonyl (C=O) groups is 2. The minimum absolute atomic E-state index is 0.00537. The van der Waals surface area contributed by atoms with E-state index in [0.717, 1.165) is 42.4 Å². The van der Waals surface area contributed by atoms with Gasteiger partial charge in [0.05, 0.1) is 12.8 Å². The van der Waals surface area contributed by atoms with Crippen molar-refractivity contribution in [2.24, 2.45) is 0 Å². The minimum Gasteiger partial charge on any atom is -0.508 e. The molecule has 2 aromatic heterocycles. The van der Waals surface area contributed by atoms with Crippen LogP contribution in [0.5, 0.6) is 5.75 Å². The van der Waals surface area contributed by atoms with E-state index in [1.165, 1.54) is 23.3 Å². The second kappa shape index (κ2) is 11.9. The van der Waals surface area contributed by atoms with Crippen LogP contribution in [0.15, 0.2) is 83.7 Å². The standard InChI is InChI=1S/C31H30FN3O4/c32-24-9-3-6-21(18-24)14-16-34-30(37)29(23-8-4-15-33-19-23)35(31(38)28-11-5-17-39-28)20-26-25-10-2-1-7-22(25)12-13-27(26)36/h3-6,8-9,11-13,15,17-19,29,36H,1-2,7,10,14,16,20H2,(H,34,37). The second-order valence-electron chi connectivity index (χ2n) is 9.68. The number of carbonyl (C=O) groups excluding carboxylic acids is 2. The maximum Gasteiger partial charge on any atom is 0.290 e. The molecule has 0 radical (unpaired) electrons. The molecule has 7 nitrogen and oxygen atoms in total. The fourth-order valence-corrected chi connectivity index (χ4v) is 5.19. The number of nitrogens with zero attached hydrogens (tertiary/aromatic N) is 2. The van der Waals surface area contributed by atoms with E-state index in [4.69, 9.17) is 4.42 Å². The molecule has 39 heavy (non-hydrogen) atoms. The number of rotatable bonds is 9. The maximum absolute atomic E-state index is 13.9. The van der Waals surface area contributed by atoms with Gasteiger partial charge in [-0.05, 0) is 85.2 Å². The Kier molecular flexibility index (Phi) is 8.01. The van der Waals surface area contributed by atoms with Crippen molar-refractivity contribution in [3.05, 3.63) is 119 Å². The van der Waals surface area contributed by atoms with Crippen molar-refractivity contribution in [1.29, 1.82) is 0 Å². The van der Waals surface area contributed by atoms with Crippen molar-refractivity contribution < 1.29 is 23.5 Å². The summed E-state index contributed by atoms with van der Waals surface area (Å²) in [5.74, 6) is -1.07. The lowest BCUT2D eigenvalue weighted by molar-refractivity contribution is -0.126. The number of furan rings is 1. The summed E-state index contributed by atoms with van der Waals surface area (Å²) in [6.45, 7) is 0.249. The Morgan fingerprint density at radius 1 is 1.08 bits per heavy atom. The first kappa shape index (κ1) is 26.2. The van der Waals surface area contributed by atoms with Crippen LogP contribution in [0.3, 0.4) is 0 Å². The van der Waals surface area contributed by atoms with Gasteiger partial charge in [-0.3, -0.25) is 14.6 Å². The lowest BCUT2D eigenvalue weighted by atomic mass is 9.87. The highest BCUT2D eigenvalue weighted by atomic mass is 19.1. The molecule has 1 aliphatic carbocycles. The third-order valence-electron chi connectivity index (χ3n) is 7.11. The third kappa shape index (κ3) is 6.00. The van der Waals surface area contributed by atoms with Gasteiger partial charge in [0.25, 0.3) is 5.91 Å². The lowest BCUT2D eigenvalue weighted by Gasteiger charge is -2.32. The first-order valence-electron chi connectivity index (χ1n) is 13.1. The second-order valence-corrected chi connectivity index (χ2v) is 9.68. The number of amides is 2. The smallest absolute Gasteiger partial charge is 0.290 e. The van der Waals surface area contributed by atoms with Crippen molar-refractivity contribution in [3.63, 3.8) is 0 Å². The van der Waals surface area contributed by atoms with Crippen molar-refractivity contribution in [2.75, 3.05) is 6.54 Å². The highest BCUT2D eigenvalue weighted by Crippen LogP contribution is 2.34. The van der Waals surface area contributed by atoms with Gasteiger partial charge in [0.1, 0.15) is 17.6 Å². The number of nitrogens with one attached hydrogen (secondary N) is 1. The van der Waals surface area contributed by atoms with E-state index in [1.807, 2.05) is 6.07 Å². The minimum atomic E-state index is -1.05. The maximum atomic E-state index is 13.9. The summed E-state index contributed by atoms with van der Waals surface area (Å²) in [6.07, 6.45) is 8.73. The molecule has 1 unspecified atom stereocenters. The van der Waals surface area contributed by atoms with Crippen molar-refractivity contribution >= 4 is 11.8 Å². The summed E-state index contributed by atoms with van der Waals surface area (Å²) < 4.78 is 19.1. The number of aromatic nitrogens is 1. The zero-order chi connectivity index (χ0) is 27.2. The fourth-order valence-electron chi connectivity index (χ4n) is 5.19. The van der Waals surface area contributed by atoms with E-state index in [2.05, 4.69) is 10.3 Å². The van der Waals surface area contributed by atoms with Crippen molar-refractivity contribution in [3.8, 4) is 5.75 Å². The third-order valence-corrected chi connectivity index (χ3v) is 7.11. The van der Waals surface area contributed by atoms with Crippen LogP contribution in [0.4, 0.5) is 4.39 Å². The van der Waals surface area contributed by atoms with E-state index < -0.39 is 17.9 Å². The van der Waals surface area contributed by atoms with Gasteiger partial charge >= 0.3 is 0 Å². The van der Waals surface area contributed by atoms with Gasteiger partial charge in [0.15, 0.2) is 5.76 Å². The molecule has 200 valence electrons. The van der Waals surface area contributed by atoms with Crippen LogP contribution in [0.25, 0.3) is 0 Å². The molecule has 0 saturated carbocycles. The highest BCUT2D eigenvalue weighted by molar-refractivity contribution is 5.96. The molecule has 2 heterocycles. The van der Waals surface area contributed by atoms with E-state index in [1.54, 1.807) is 54.9 Å². The van der Waals surface area contributed by atoms with Crippen LogP contribution >= 0.6 is 0 Å². The molecule has 1 aliphatic rings. The summed E-state index contributed by atoms with van der Waals surface area (Å²) in [7, 11) is 0. The quantitative estimate of drug-likeness (QED) is 0.314. The summed E-state index contributed by atoms with van der Waals surface area (Å²) in [5, 5.41) is 13.8. The molecule has 0 saturated heterocycles. The van der Waals surface area contributed by atoms with Crippen LogP contribution in [-0.2, 0) is 30.6 Å². The van der Waals surface area contributed by atoms with Gasteiger partial charge in [-0.2, -0.15) is 0 Å². The van der Waals surface area contributed by atoms with Crippen LogP contribution in [0, 0.1) is 5.82 Å². The molecule has 0 fully saturated rings. The van der Waals surface area contributed by atoms with Gasteiger partial charge in [0, 0.05) is 30.1 Å². The van der Waals surface area contributed by atoms with Crippen molar-refractivity contribution in [2.45, 2.75) is 44.7 Å². The average molecular weight is 528 g/mol. The summed E-state index contributed by atoms with van der Waals surface area (Å²) >= 11 is 0. The van der Waals surface area contributed by atoms with Gasteiger partial charge < -0.3 is 19.7 Å². The molecule has 0 aliphatic heterocycles. The Bertz CT molecular complexity index is 1440. The number of aryl methyl sites for hydroxylation is 1. The molecule has 2 amide bonds. The number of pyridine rings is 1. The Labute approximate surface area is 226 Å². The van der Waals surface area contributed by atoms with Crippen LogP contribution in [-0.4, -0.2) is 33.3 Å². The van der Waals surface area contributed by atoms with Gasteiger partial charge in [-0.1, -0.05) is 24.3 Å². The van der Waals surface area contributed by atoms with Crippen LogP contribution < -0.4 is 5.32 Å². The molecule has 2 N–H and O–H groups in total. The number of halogens is 1. The first-order chi connectivity index (χ1) is 19.0. The molecule has 1 atom stereocenters. The molecular formula is C31H30FN3O4. The SMILES string of the molecule is O=C(NCCc1cccc(F)c1)C(c1cccnc1)N(Cc1c(O)ccc2c1CCCC2)C(=O)c1ccco1. The van der Waals surface area contributed by atoms with Gasteiger partial charge in [-0.25, -0.2) is 4.39 Å². The Morgan fingerprint density at radius 3 is 2.72 bits per heavy atom. The molecule has 4 aromatic rings. The molecular weight excluding hydrogens is 497 g/mol. The number of hydrogen-bond donors (Lipinski definition) is 2. The number of hydrogen-bond acceptors (Lipinski definition) is 5. The Morgan fingerprint density at radius 2 is 1.95 bits per heavy atom. The molecule has 0 bridgehead atoms. The molecule has 8 heteroatoms. The predicted molar refractivity (Wildman–Crippen MR) is 143 cm³/mol. The van der Waals surface area contributed by atoms with Gasteiger partial charge in [-0.15, -0.1) is 0 Å². The number of benzene rings is 2. The monoisotopic (exact) mass is 527 g/mol. The van der Waals surface area contributed by atoms with Crippen LogP contribution in [0.2, 0.25) is 0 Å². The number of phenols is 1. The number of fused-ring (bicyclic) bond motifs is 1. The first-order valence-corrected chi connectivity index (χ1v) is 13.1. The predicted octanol–water partition coefficient (Wildman–Crippen LogP) is 5.14. The average Bonchev–Trinajstić information content (AvgIpc) is 3.49. The zero-order valence-electron chi connectivity index (χ0n) is 21.5. The lowest BCUT2D eigenvalue weighted by Crippen LogP contribution is -2.44. The van der Waals surface area contributed by atoms with Crippen molar-refractivity contribution in [1.82, 2.24) is 15.2 Å². The van der Waals surface area contributed by atoms with E-state index in [9.17, 15) is 19.1 Å². The fraction of sp³-hybridized carbons (Fsp3) is 0.258. The molecule has 5 rings (SSSR count). The topological polar surface area (TPSA) is 95.7 Å². The van der Waals surface area contributed by atoms with E-state index in [-0.39, 0.29) is 30.4 Å². The highest BCUT2D eigenvalue weighted by Gasteiger charge is 2.35. The zero-order valence-corrected chi connectivity index (χ0v) is 21.5. The normalized spacial score (nSPS) is 13.4. The van der Waals surface area contributed by atoms with E-state index in [0.29, 0.717) is 17.5 Å². The summed E-state index contributed by atoms with van der Waals surface area (Å²) in [6, 6.07) is 15.4. The number of phenolic OH excluding ortho intramolecular Hbond substituents is 1. The Hall–Kier alpha value is -4.46. The summed E-state index contributed by atoms with van der Waals surface area (Å²) in [4.78, 5) is 33.3. The molecule has 0 spiro atoms. The Balaban J connectivity index is 1.50. The van der Waals surface area contributed by atoms with Gasteiger partial charge in [0.2, 0.25) is 5.91 Å². The van der Waals surface area contributed by atoms with Crippen LogP contribution in [0.1, 0.15) is 57.3 Å². The summed E-state index contributed by atoms with van der Waals surface area (Å²) in [5.41, 5.74) is 4.07.